The molecule has 1 N–H and O–H groups in total. The molecule has 2 aromatic rings. The standard InChI is InChI=1S/C17H20N2O3S2/c1-12-6-5-7-14(17(20)19-10-3-4-11-19)16(12)18-24(21,22)15-9-8-13(2)23-15/h5-9,18H,3-4,10-11H2,1-2H3. The average molecular weight is 364 g/mol. The predicted octanol–water partition coefficient (Wildman–Crippen LogP) is 3.40. The Labute approximate surface area is 146 Å². The molecule has 0 unspecified atom stereocenters. The van der Waals surface area contributed by atoms with Crippen LogP contribution in [0.4, 0.5) is 5.69 Å². The minimum absolute atomic E-state index is 0.115. The molecule has 0 aliphatic carbocycles. The summed E-state index contributed by atoms with van der Waals surface area (Å²) in [6.45, 7) is 5.12. The number of carbonyl (C=O) groups excluding carboxylic acids is 1. The van der Waals surface area contributed by atoms with Gasteiger partial charge in [0, 0.05) is 18.0 Å². The summed E-state index contributed by atoms with van der Waals surface area (Å²) < 4.78 is 28.2. The van der Waals surface area contributed by atoms with Gasteiger partial charge < -0.3 is 4.90 Å². The van der Waals surface area contributed by atoms with Crippen molar-refractivity contribution >= 4 is 33.0 Å². The van der Waals surface area contributed by atoms with Crippen molar-refractivity contribution < 1.29 is 13.2 Å². The zero-order chi connectivity index (χ0) is 17.3. The summed E-state index contributed by atoms with van der Waals surface area (Å²) in [5.41, 5.74) is 1.52. The highest BCUT2D eigenvalue weighted by molar-refractivity contribution is 7.94. The van der Waals surface area contributed by atoms with Crippen molar-refractivity contribution in [2.24, 2.45) is 0 Å². The van der Waals surface area contributed by atoms with Gasteiger partial charge in [0.1, 0.15) is 4.21 Å². The Kier molecular flexibility index (Phi) is 4.64. The van der Waals surface area contributed by atoms with Crippen LogP contribution in [-0.4, -0.2) is 32.3 Å². The molecule has 128 valence electrons. The van der Waals surface area contributed by atoms with Gasteiger partial charge in [0.05, 0.1) is 11.3 Å². The Morgan fingerprint density at radius 3 is 2.46 bits per heavy atom. The molecule has 2 heterocycles. The van der Waals surface area contributed by atoms with Crippen molar-refractivity contribution in [3.8, 4) is 0 Å². The van der Waals surface area contributed by atoms with Crippen molar-refractivity contribution in [3.63, 3.8) is 0 Å². The third kappa shape index (κ3) is 3.32. The Balaban J connectivity index is 1.97. The van der Waals surface area contributed by atoms with Crippen molar-refractivity contribution in [3.05, 3.63) is 46.3 Å². The van der Waals surface area contributed by atoms with Crippen molar-refractivity contribution in [2.75, 3.05) is 17.8 Å². The van der Waals surface area contributed by atoms with Gasteiger partial charge in [0.25, 0.3) is 15.9 Å². The smallest absolute Gasteiger partial charge is 0.271 e. The van der Waals surface area contributed by atoms with E-state index in [1.807, 2.05) is 6.92 Å². The van der Waals surface area contributed by atoms with Gasteiger partial charge in [-0.05, 0) is 50.5 Å². The van der Waals surface area contributed by atoms with Crippen LogP contribution in [0.25, 0.3) is 0 Å². The molecule has 1 amide bonds. The van der Waals surface area contributed by atoms with Gasteiger partial charge in [-0.3, -0.25) is 9.52 Å². The number of rotatable bonds is 4. The monoisotopic (exact) mass is 364 g/mol. The molecule has 3 rings (SSSR count). The highest BCUT2D eigenvalue weighted by Gasteiger charge is 2.25. The fourth-order valence-corrected chi connectivity index (χ4v) is 5.25. The minimum atomic E-state index is -3.70. The Hall–Kier alpha value is -1.86. The number of nitrogens with one attached hydrogen (secondary N) is 1. The molecule has 1 fully saturated rings. The second-order valence-electron chi connectivity index (χ2n) is 5.97. The number of aryl methyl sites for hydroxylation is 2. The predicted molar refractivity (Wildman–Crippen MR) is 96.2 cm³/mol. The average Bonchev–Trinajstić information content (AvgIpc) is 3.20. The van der Waals surface area contributed by atoms with Crippen molar-refractivity contribution in [2.45, 2.75) is 30.9 Å². The van der Waals surface area contributed by atoms with E-state index in [2.05, 4.69) is 4.72 Å². The van der Waals surface area contributed by atoms with Crippen LogP contribution in [0, 0.1) is 13.8 Å². The molecular weight excluding hydrogens is 344 g/mol. The van der Waals surface area contributed by atoms with Gasteiger partial charge in [-0.2, -0.15) is 0 Å². The van der Waals surface area contributed by atoms with Crippen LogP contribution in [0.1, 0.15) is 33.6 Å². The van der Waals surface area contributed by atoms with Gasteiger partial charge >= 0.3 is 0 Å². The van der Waals surface area contributed by atoms with E-state index < -0.39 is 10.0 Å². The number of likely N-dealkylation sites (tertiary alicyclic amines) is 1. The van der Waals surface area contributed by atoms with Gasteiger partial charge in [-0.25, -0.2) is 8.42 Å². The maximum atomic E-state index is 12.7. The first-order chi connectivity index (χ1) is 11.4. The van der Waals surface area contributed by atoms with E-state index in [0.717, 1.165) is 36.4 Å². The highest BCUT2D eigenvalue weighted by Crippen LogP contribution is 2.28. The minimum Gasteiger partial charge on any atom is -0.339 e. The summed E-state index contributed by atoms with van der Waals surface area (Å²) in [6.07, 6.45) is 1.99. The molecule has 0 bridgehead atoms. The van der Waals surface area contributed by atoms with Gasteiger partial charge in [0.2, 0.25) is 0 Å². The molecule has 5 nitrogen and oxygen atoms in total. The molecule has 7 heteroatoms. The van der Waals surface area contributed by atoms with E-state index in [4.69, 9.17) is 0 Å². The van der Waals surface area contributed by atoms with Crippen LogP contribution in [0.5, 0.6) is 0 Å². The summed E-state index contributed by atoms with van der Waals surface area (Å²) >= 11 is 1.21. The van der Waals surface area contributed by atoms with Crippen LogP contribution in [0.3, 0.4) is 0 Å². The molecule has 24 heavy (non-hydrogen) atoms. The second kappa shape index (κ2) is 6.57. The lowest BCUT2D eigenvalue weighted by atomic mass is 10.1. The van der Waals surface area contributed by atoms with E-state index in [1.165, 1.54) is 11.3 Å². The first-order valence-corrected chi connectivity index (χ1v) is 10.2. The van der Waals surface area contributed by atoms with E-state index in [9.17, 15) is 13.2 Å². The number of thiophene rings is 1. The number of amides is 1. The fourth-order valence-electron chi connectivity index (χ4n) is 2.81. The third-order valence-electron chi connectivity index (χ3n) is 4.11. The van der Waals surface area contributed by atoms with E-state index in [0.29, 0.717) is 11.3 Å². The zero-order valence-electron chi connectivity index (χ0n) is 13.7. The lowest BCUT2D eigenvalue weighted by Gasteiger charge is -2.19. The molecule has 0 atom stereocenters. The topological polar surface area (TPSA) is 66.5 Å². The van der Waals surface area contributed by atoms with Crippen LogP contribution in [0.2, 0.25) is 0 Å². The molecule has 1 aromatic carbocycles. The van der Waals surface area contributed by atoms with E-state index in [1.54, 1.807) is 42.2 Å². The SMILES string of the molecule is Cc1ccc(S(=O)(=O)Nc2c(C)cccc2C(=O)N2CCCC2)s1. The van der Waals surface area contributed by atoms with Crippen LogP contribution < -0.4 is 4.72 Å². The molecule has 0 radical (unpaired) electrons. The van der Waals surface area contributed by atoms with Gasteiger partial charge in [-0.1, -0.05) is 12.1 Å². The van der Waals surface area contributed by atoms with Crippen molar-refractivity contribution in [1.29, 1.82) is 0 Å². The normalized spacial score (nSPS) is 14.8. The number of hydrogen-bond donors (Lipinski definition) is 1. The Morgan fingerprint density at radius 2 is 1.83 bits per heavy atom. The lowest BCUT2D eigenvalue weighted by Crippen LogP contribution is -2.29. The van der Waals surface area contributed by atoms with Crippen LogP contribution in [-0.2, 0) is 10.0 Å². The van der Waals surface area contributed by atoms with Gasteiger partial charge in [0.15, 0.2) is 0 Å². The molecule has 1 saturated heterocycles. The first-order valence-electron chi connectivity index (χ1n) is 7.86. The second-order valence-corrected chi connectivity index (χ2v) is 9.16. The third-order valence-corrected chi connectivity index (χ3v) is 6.96. The number of hydrogen-bond acceptors (Lipinski definition) is 4. The van der Waals surface area contributed by atoms with E-state index >= 15 is 0 Å². The van der Waals surface area contributed by atoms with Gasteiger partial charge in [-0.15, -0.1) is 11.3 Å². The number of anilines is 1. The zero-order valence-corrected chi connectivity index (χ0v) is 15.3. The number of sulfonamides is 1. The number of para-hydroxylation sites is 1. The molecule has 1 aromatic heterocycles. The van der Waals surface area contributed by atoms with E-state index in [-0.39, 0.29) is 10.1 Å². The number of nitrogens with zero attached hydrogens (tertiary/aromatic N) is 1. The van der Waals surface area contributed by atoms with Crippen LogP contribution >= 0.6 is 11.3 Å². The summed E-state index contributed by atoms with van der Waals surface area (Å²) in [5, 5.41) is 0. The molecule has 0 saturated carbocycles. The van der Waals surface area contributed by atoms with Crippen LogP contribution in [0.15, 0.2) is 34.5 Å². The summed E-state index contributed by atoms with van der Waals surface area (Å²) in [4.78, 5) is 15.4. The Morgan fingerprint density at radius 1 is 1.12 bits per heavy atom. The molecule has 1 aliphatic heterocycles. The molecule has 1 aliphatic rings. The molecule has 0 spiro atoms. The summed E-state index contributed by atoms with van der Waals surface area (Å²) in [5.74, 6) is -0.115. The highest BCUT2D eigenvalue weighted by atomic mass is 32.2. The Bertz CT molecular complexity index is 866. The largest absolute Gasteiger partial charge is 0.339 e. The fraction of sp³-hybridized carbons (Fsp3) is 0.353. The summed E-state index contributed by atoms with van der Waals surface area (Å²) in [7, 11) is -3.70. The molecular formula is C17H20N2O3S2. The quantitative estimate of drug-likeness (QED) is 0.904. The van der Waals surface area contributed by atoms with Crippen molar-refractivity contribution in [1.82, 2.24) is 4.90 Å². The number of benzene rings is 1. The lowest BCUT2D eigenvalue weighted by molar-refractivity contribution is 0.0794. The maximum Gasteiger partial charge on any atom is 0.271 e. The maximum absolute atomic E-state index is 12.7. The first kappa shape index (κ1) is 17.0. The summed E-state index contributed by atoms with van der Waals surface area (Å²) in [6, 6.07) is 8.63. The number of carbonyl (C=O) groups is 1.